The molecule has 1 aromatic rings. The van der Waals surface area contributed by atoms with Crippen LogP contribution in [0.4, 0.5) is 5.69 Å². The summed E-state index contributed by atoms with van der Waals surface area (Å²) < 4.78 is 6.02. The van der Waals surface area contributed by atoms with E-state index in [4.69, 9.17) is 4.74 Å². The minimum Gasteiger partial charge on any atom is -0.484 e. The molecule has 4 rings (SSSR count). The Balaban J connectivity index is 1.63. The predicted octanol–water partition coefficient (Wildman–Crippen LogP) is 3.77. The molecule has 0 saturated heterocycles. The molecule has 3 heteroatoms. The van der Waals surface area contributed by atoms with Gasteiger partial charge in [-0.05, 0) is 63.5 Å². The van der Waals surface area contributed by atoms with Gasteiger partial charge in [0, 0.05) is 5.92 Å². The molecule has 3 nitrogen and oxygen atoms in total. The van der Waals surface area contributed by atoms with Gasteiger partial charge in [0.1, 0.15) is 11.4 Å². The molecule has 1 aromatic carbocycles. The first-order chi connectivity index (χ1) is 9.98. The lowest BCUT2D eigenvalue weighted by Gasteiger charge is -2.40. The van der Waals surface area contributed by atoms with E-state index in [1.807, 2.05) is 29.2 Å². The average molecular weight is 285 g/mol. The molecule has 112 valence electrons. The number of ether oxygens (including phenoxy) is 1. The van der Waals surface area contributed by atoms with Crippen LogP contribution >= 0.6 is 0 Å². The predicted molar refractivity (Wildman–Crippen MR) is 82.5 cm³/mol. The Bertz CT molecular complexity index is 589. The first-order valence-electron chi connectivity index (χ1n) is 8.08. The van der Waals surface area contributed by atoms with Crippen LogP contribution in [0.2, 0.25) is 0 Å². The van der Waals surface area contributed by atoms with Crippen molar-refractivity contribution in [2.24, 2.45) is 11.3 Å². The quantitative estimate of drug-likeness (QED) is 0.786. The molecule has 0 N–H and O–H groups in total. The lowest BCUT2D eigenvalue weighted by atomic mass is 9.99. The summed E-state index contributed by atoms with van der Waals surface area (Å²) in [5, 5.41) is 0. The van der Waals surface area contributed by atoms with Crippen LogP contribution in [0, 0.1) is 11.3 Å². The van der Waals surface area contributed by atoms with Crippen LogP contribution < -0.4 is 9.64 Å². The van der Waals surface area contributed by atoms with Gasteiger partial charge in [-0.3, -0.25) is 4.79 Å². The second-order valence-electron chi connectivity index (χ2n) is 7.69. The fraction of sp³-hybridized carbons (Fsp3) is 0.611. The van der Waals surface area contributed by atoms with Crippen LogP contribution in [0.25, 0.3) is 0 Å². The standard InChI is InChI=1S/C18H23NO2/c1-17(2)12-19(14-5-3-4-6-15(14)21-17)16(20)13-7-8-18(11-13)9-10-18/h3-6,13H,7-12H2,1-2H3. The highest BCUT2D eigenvalue weighted by molar-refractivity contribution is 5.97. The molecule has 2 fully saturated rings. The van der Waals surface area contributed by atoms with Crippen molar-refractivity contribution in [3.05, 3.63) is 24.3 Å². The van der Waals surface area contributed by atoms with Gasteiger partial charge in [0.25, 0.3) is 0 Å². The van der Waals surface area contributed by atoms with Gasteiger partial charge >= 0.3 is 0 Å². The molecule has 1 unspecified atom stereocenters. The van der Waals surface area contributed by atoms with Crippen molar-refractivity contribution in [2.45, 2.75) is 51.6 Å². The number of amides is 1. The number of rotatable bonds is 1. The van der Waals surface area contributed by atoms with Gasteiger partial charge in [-0.15, -0.1) is 0 Å². The van der Waals surface area contributed by atoms with E-state index in [1.54, 1.807) is 0 Å². The number of fused-ring (bicyclic) bond motifs is 1. The largest absolute Gasteiger partial charge is 0.484 e. The summed E-state index contributed by atoms with van der Waals surface area (Å²) in [6.07, 6.45) is 6.09. The monoisotopic (exact) mass is 285 g/mol. The van der Waals surface area contributed by atoms with Crippen molar-refractivity contribution in [1.29, 1.82) is 0 Å². The third-order valence-corrected chi connectivity index (χ3v) is 5.36. The summed E-state index contributed by atoms with van der Waals surface area (Å²) in [7, 11) is 0. The zero-order valence-electron chi connectivity index (χ0n) is 12.9. The summed E-state index contributed by atoms with van der Waals surface area (Å²) in [5.41, 5.74) is 1.17. The number of nitrogens with zero attached hydrogens (tertiary/aromatic N) is 1. The summed E-state index contributed by atoms with van der Waals surface area (Å²) in [6, 6.07) is 7.92. The molecule has 1 aliphatic heterocycles. The summed E-state index contributed by atoms with van der Waals surface area (Å²) in [5.74, 6) is 1.36. The highest BCUT2D eigenvalue weighted by Gasteiger charge is 2.51. The first-order valence-corrected chi connectivity index (χ1v) is 8.08. The third kappa shape index (κ3) is 2.23. The van der Waals surface area contributed by atoms with Crippen molar-refractivity contribution in [3.8, 4) is 5.75 Å². The summed E-state index contributed by atoms with van der Waals surface area (Å²) in [6.45, 7) is 4.76. The van der Waals surface area contributed by atoms with E-state index in [1.165, 1.54) is 19.3 Å². The molecule has 21 heavy (non-hydrogen) atoms. The molecule has 1 atom stereocenters. The normalized spacial score (nSPS) is 28.1. The minimum absolute atomic E-state index is 0.217. The lowest BCUT2D eigenvalue weighted by Crippen LogP contribution is -2.50. The van der Waals surface area contributed by atoms with Gasteiger partial charge in [0.2, 0.25) is 5.91 Å². The van der Waals surface area contributed by atoms with E-state index in [-0.39, 0.29) is 11.5 Å². The van der Waals surface area contributed by atoms with Crippen molar-refractivity contribution in [1.82, 2.24) is 0 Å². The van der Waals surface area contributed by atoms with Crippen molar-refractivity contribution < 1.29 is 9.53 Å². The number of carbonyl (C=O) groups is 1. The molecule has 2 saturated carbocycles. The van der Waals surface area contributed by atoms with Crippen LogP contribution in [-0.4, -0.2) is 18.1 Å². The molecule has 0 radical (unpaired) electrons. The number of hydrogen-bond acceptors (Lipinski definition) is 2. The zero-order chi connectivity index (χ0) is 14.7. The third-order valence-electron chi connectivity index (χ3n) is 5.36. The average Bonchev–Trinajstić information content (AvgIpc) is 3.06. The topological polar surface area (TPSA) is 29.5 Å². The van der Waals surface area contributed by atoms with E-state index in [0.717, 1.165) is 24.3 Å². The van der Waals surface area contributed by atoms with Crippen molar-refractivity contribution in [3.63, 3.8) is 0 Å². The molecule has 0 aromatic heterocycles. The molecular weight excluding hydrogens is 262 g/mol. The van der Waals surface area contributed by atoms with Gasteiger partial charge in [0.15, 0.2) is 0 Å². The molecule has 3 aliphatic rings. The zero-order valence-corrected chi connectivity index (χ0v) is 12.9. The lowest BCUT2D eigenvalue weighted by molar-refractivity contribution is -0.123. The Morgan fingerprint density at radius 3 is 2.71 bits per heavy atom. The minimum atomic E-state index is -0.320. The molecule has 2 aliphatic carbocycles. The smallest absolute Gasteiger partial charge is 0.230 e. The van der Waals surface area contributed by atoms with E-state index >= 15 is 0 Å². The Kier molecular flexibility index (Phi) is 2.66. The van der Waals surface area contributed by atoms with Gasteiger partial charge in [-0.25, -0.2) is 0 Å². The second kappa shape index (κ2) is 4.25. The Labute approximate surface area is 126 Å². The Hall–Kier alpha value is -1.51. The Morgan fingerprint density at radius 1 is 1.24 bits per heavy atom. The van der Waals surface area contributed by atoms with Crippen molar-refractivity contribution in [2.75, 3.05) is 11.4 Å². The summed E-state index contributed by atoms with van der Waals surface area (Å²) in [4.78, 5) is 15.0. The van der Waals surface area contributed by atoms with Crippen LogP contribution in [-0.2, 0) is 4.79 Å². The second-order valence-corrected chi connectivity index (χ2v) is 7.69. The maximum absolute atomic E-state index is 13.0. The van der Waals surface area contributed by atoms with Crippen LogP contribution in [0.3, 0.4) is 0 Å². The number of benzene rings is 1. The van der Waals surface area contributed by atoms with E-state index in [9.17, 15) is 4.79 Å². The number of carbonyl (C=O) groups excluding carboxylic acids is 1. The Morgan fingerprint density at radius 2 is 2.00 bits per heavy atom. The van der Waals surface area contributed by atoms with E-state index in [0.29, 0.717) is 17.9 Å². The summed E-state index contributed by atoms with van der Waals surface area (Å²) >= 11 is 0. The maximum atomic E-state index is 13.0. The van der Waals surface area contributed by atoms with Crippen molar-refractivity contribution >= 4 is 11.6 Å². The highest BCUT2D eigenvalue weighted by Crippen LogP contribution is 2.60. The van der Waals surface area contributed by atoms with Crippen LogP contribution in [0.5, 0.6) is 5.75 Å². The molecule has 1 heterocycles. The van der Waals surface area contributed by atoms with Gasteiger partial charge in [-0.1, -0.05) is 12.1 Å². The molecule has 1 spiro atoms. The van der Waals surface area contributed by atoms with Gasteiger partial charge in [0.05, 0.1) is 12.2 Å². The van der Waals surface area contributed by atoms with E-state index in [2.05, 4.69) is 13.8 Å². The van der Waals surface area contributed by atoms with E-state index < -0.39 is 0 Å². The highest BCUT2D eigenvalue weighted by atomic mass is 16.5. The first kappa shape index (κ1) is 13.2. The maximum Gasteiger partial charge on any atom is 0.230 e. The fourth-order valence-corrected chi connectivity index (χ4v) is 4.03. The number of hydrogen-bond donors (Lipinski definition) is 0. The van der Waals surface area contributed by atoms with Crippen LogP contribution in [0.15, 0.2) is 24.3 Å². The molecule has 0 bridgehead atoms. The van der Waals surface area contributed by atoms with Gasteiger partial charge < -0.3 is 9.64 Å². The molecule has 1 amide bonds. The number of para-hydroxylation sites is 2. The van der Waals surface area contributed by atoms with Gasteiger partial charge in [-0.2, -0.15) is 0 Å². The molecular formula is C18H23NO2. The van der Waals surface area contributed by atoms with Crippen LogP contribution in [0.1, 0.15) is 46.0 Å². The number of anilines is 1. The fourth-order valence-electron chi connectivity index (χ4n) is 4.03. The SMILES string of the molecule is CC1(C)CN(C(=O)C2CCC3(CC3)C2)c2ccccc2O1.